The third kappa shape index (κ3) is 3.18. The van der Waals surface area contributed by atoms with Crippen molar-refractivity contribution in [3.8, 4) is 0 Å². The first-order valence-electron chi connectivity index (χ1n) is 5.29. The Hall–Kier alpha value is -1.65. The zero-order chi connectivity index (χ0) is 12.0. The lowest BCUT2D eigenvalue weighted by molar-refractivity contribution is -0.484. The van der Waals surface area contributed by atoms with Gasteiger partial charge in [-0.3, -0.25) is 10.1 Å². The summed E-state index contributed by atoms with van der Waals surface area (Å²) in [6, 6.07) is 3.36. The Kier molecular flexibility index (Phi) is 4.69. The van der Waals surface area contributed by atoms with Crippen LogP contribution >= 0.6 is 0 Å². The molecule has 1 aromatic heterocycles. The molecule has 0 fully saturated rings. The summed E-state index contributed by atoms with van der Waals surface area (Å²) in [6.07, 6.45) is 3.72. The van der Waals surface area contributed by atoms with Gasteiger partial charge in [0.25, 0.3) is 0 Å². The second-order valence-electron chi connectivity index (χ2n) is 3.73. The summed E-state index contributed by atoms with van der Waals surface area (Å²) in [7, 11) is 0. The third-order valence-corrected chi connectivity index (χ3v) is 2.57. The van der Waals surface area contributed by atoms with E-state index in [1.165, 1.54) is 6.26 Å². The number of rotatable bonds is 7. The van der Waals surface area contributed by atoms with Crippen LogP contribution in [0.5, 0.6) is 0 Å². The lowest BCUT2D eigenvalue weighted by Crippen LogP contribution is -2.22. The molecule has 5 heteroatoms. The molecule has 2 atom stereocenters. The number of hydrogen-bond donors (Lipinski definition) is 0. The normalized spacial score (nSPS) is 14.3. The summed E-state index contributed by atoms with van der Waals surface area (Å²) in [4.78, 5) is 21.1. The molecule has 0 amide bonds. The van der Waals surface area contributed by atoms with Gasteiger partial charge in [0.15, 0.2) is 0 Å². The Morgan fingerprint density at radius 2 is 2.38 bits per heavy atom. The number of furan rings is 1. The quantitative estimate of drug-likeness (QED) is 0.405. The Labute approximate surface area is 93.6 Å². The maximum atomic E-state index is 10.9. The van der Waals surface area contributed by atoms with Gasteiger partial charge in [-0.15, -0.1) is 0 Å². The van der Waals surface area contributed by atoms with Crippen LogP contribution in [0.25, 0.3) is 0 Å². The Morgan fingerprint density at radius 3 is 2.81 bits per heavy atom. The van der Waals surface area contributed by atoms with Gasteiger partial charge >= 0.3 is 0 Å². The second-order valence-corrected chi connectivity index (χ2v) is 3.73. The Balaban J connectivity index is 2.85. The minimum absolute atomic E-state index is 0.267. The molecular weight excluding hydrogens is 210 g/mol. The number of nitrogens with zero attached hydrogens (tertiary/aromatic N) is 1. The molecule has 1 heterocycles. The maximum Gasteiger partial charge on any atom is 0.214 e. The topological polar surface area (TPSA) is 73.3 Å². The number of nitro groups is 1. The first-order valence-corrected chi connectivity index (χ1v) is 5.29. The van der Waals surface area contributed by atoms with Crippen molar-refractivity contribution < 1.29 is 14.1 Å². The van der Waals surface area contributed by atoms with Crippen molar-refractivity contribution in [2.45, 2.75) is 25.7 Å². The highest BCUT2D eigenvalue weighted by atomic mass is 16.6. The van der Waals surface area contributed by atoms with Crippen LogP contribution in [0, 0.1) is 16.0 Å². The van der Waals surface area contributed by atoms with Crippen molar-refractivity contribution in [3.63, 3.8) is 0 Å². The highest BCUT2D eigenvalue weighted by Gasteiger charge is 2.29. The standard InChI is InChI=1S/C11H15NO4/c1-2-4-9(8-13)10(7-12(14)15)11-5-3-6-16-11/h3,5-6,8-10H,2,4,7H2,1H3. The molecule has 0 spiro atoms. The van der Waals surface area contributed by atoms with Gasteiger partial charge < -0.3 is 9.21 Å². The third-order valence-electron chi connectivity index (χ3n) is 2.57. The van der Waals surface area contributed by atoms with Gasteiger partial charge in [0.2, 0.25) is 6.54 Å². The zero-order valence-corrected chi connectivity index (χ0v) is 9.17. The molecule has 1 rings (SSSR count). The fourth-order valence-corrected chi connectivity index (χ4v) is 1.80. The van der Waals surface area contributed by atoms with Crippen molar-refractivity contribution in [2.24, 2.45) is 5.92 Å². The van der Waals surface area contributed by atoms with Crippen LogP contribution in [-0.4, -0.2) is 17.8 Å². The van der Waals surface area contributed by atoms with Crippen LogP contribution < -0.4 is 0 Å². The van der Waals surface area contributed by atoms with Crippen molar-refractivity contribution in [2.75, 3.05) is 6.54 Å². The molecule has 0 aromatic carbocycles. The van der Waals surface area contributed by atoms with Crippen LogP contribution in [0.3, 0.4) is 0 Å². The highest BCUT2D eigenvalue weighted by Crippen LogP contribution is 2.27. The molecule has 0 aliphatic rings. The number of carbonyl (C=O) groups is 1. The minimum Gasteiger partial charge on any atom is -0.469 e. The SMILES string of the molecule is CCCC(C=O)C(C[N+](=O)[O-])c1ccco1. The van der Waals surface area contributed by atoms with Crippen molar-refractivity contribution >= 4 is 6.29 Å². The molecule has 88 valence electrons. The first kappa shape index (κ1) is 12.4. The van der Waals surface area contributed by atoms with E-state index in [9.17, 15) is 14.9 Å². The fraction of sp³-hybridized carbons (Fsp3) is 0.545. The molecule has 0 bridgehead atoms. The first-order chi connectivity index (χ1) is 7.69. The molecule has 0 aliphatic carbocycles. The van der Waals surface area contributed by atoms with Crippen LogP contribution in [-0.2, 0) is 4.79 Å². The molecule has 5 nitrogen and oxygen atoms in total. The monoisotopic (exact) mass is 225 g/mol. The van der Waals surface area contributed by atoms with E-state index < -0.39 is 10.8 Å². The number of hydrogen-bond acceptors (Lipinski definition) is 4. The Morgan fingerprint density at radius 1 is 1.62 bits per heavy atom. The van der Waals surface area contributed by atoms with Crippen molar-refractivity contribution in [1.82, 2.24) is 0 Å². The van der Waals surface area contributed by atoms with E-state index in [2.05, 4.69) is 0 Å². The van der Waals surface area contributed by atoms with E-state index in [1.807, 2.05) is 6.92 Å². The number of aldehydes is 1. The van der Waals surface area contributed by atoms with E-state index in [0.717, 1.165) is 12.7 Å². The van der Waals surface area contributed by atoms with Gasteiger partial charge in [-0.2, -0.15) is 0 Å². The summed E-state index contributed by atoms with van der Waals surface area (Å²) in [6.45, 7) is 1.68. The summed E-state index contributed by atoms with van der Waals surface area (Å²) >= 11 is 0. The lowest BCUT2D eigenvalue weighted by Gasteiger charge is -2.16. The highest BCUT2D eigenvalue weighted by molar-refractivity contribution is 5.55. The molecule has 1 aromatic rings. The van der Waals surface area contributed by atoms with E-state index in [4.69, 9.17) is 4.42 Å². The van der Waals surface area contributed by atoms with Crippen LogP contribution in [0.1, 0.15) is 31.4 Å². The molecular formula is C11H15NO4. The molecule has 0 saturated carbocycles. The fourth-order valence-electron chi connectivity index (χ4n) is 1.80. The smallest absolute Gasteiger partial charge is 0.214 e. The van der Waals surface area contributed by atoms with Crippen molar-refractivity contribution in [1.29, 1.82) is 0 Å². The molecule has 16 heavy (non-hydrogen) atoms. The lowest BCUT2D eigenvalue weighted by atomic mass is 9.88. The van der Waals surface area contributed by atoms with Gasteiger partial charge in [0.05, 0.1) is 12.2 Å². The molecule has 0 saturated heterocycles. The van der Waals surface area contributed by atoms with Crippen molar-refractivity contribution in [3.05, 3.63) is 34.3 Å². The van der Waals surface area contributed by atoms with E-state index in [1.54, 1.807) is 12.1 Å². The Bertz CT molecular complexity index is 334. The maximum absolute atomic E-state index is 10.9. The minimum atomic E-state index is -0.456. The van der Waals surface area contributed by atoms with Gasteiger partial charge in [-0.25, -0.2) is 0 Å². The van der Waals surface area contributed by atoms with E-state index in [0.29, 0.717) is 12.2 Å². The van der Waals surface area contributed by atoms with Gasteiger partial charge in [-0.1, -0.05) is 13.3 Å². The molecule has 0 N–H and O–H groups in total. The molecule has 2 unspecified atom stereocenters. The molecule has 0 radical (unpaired) electrons. The van der Waals surface area contributed by atoms with Crippen LogP contribution in [0.4, 0.5) is 0 Å². The van der Waals surface area contributed by atoms with E-state index in [-0.39, 0.29) is 12.5 Å². The summed E-state index contributed by atoms with van der Waals surface area (Å²) in [5.41, 5.74) is 0. The number of carbonyl (C=O) groups excluding carboxylic acids is 1. The predicted molar refractivity (Wildman–Crippen MR) is 57.8 cm³/mol. The zero-order valence-electron chi connectivity index (χ0n) is 9.17. The van der Waals surface area contributed by atoms with Gasteiger partial charge in [0, 0.05) is 10.8 Å². The summed E-state index contributed by atoms with van der Waals surface area (Å²) in [5.74, 6) is -0.286. The average Bonchev–Trinajstić information content (AvgIpc) is 2.76. The average molecular weight is 225 g/mol. The predicted octanol–water partition coefficient (Wildman–Crippen LogP) is 2.26. The second kappa shape index (κ2) is 6.05. The molecule has 0 aliphatic heterocycles. The summed E-state index contributed by atoms with van der Waals surface area (Å²) < 4.78 is 5.16. The van der Waals surface area contributed by atoms with Gasteiger partial charge in [0.1, 0.15) is 12.0 Å². The van der Waals surface area contributed by atoms with Crippen LogP contribution in [0.2, 0.25) is 0 Å². The van der Waals surface area contributed by atoms with E-state index >= 15 is 0 Å². The van der Waals surface area contributed by atoms with Gasteiger partial charge in [-0.05, 0) is 18.6 Å². The largest absolute Gasteiger partial charge is 0.469 e. The van der Waals surface area contributed by atoms with Crippen LogP contribution in [0.15, 0.2) is 22.8 Å². The summed E-state index contributed by atoms with van der Waals surface area (Å²) in [5, 5.41) is 10.6.